The van der Waals surface area contributed by atoms with Gasteiger partial charge >= 0.3 is 0 Å². The highest BCUT2D eigenvalue weighted by Gasteiger charge is 2.22. The van der Waals surface area contributed by atoms with Crippen molar-refractivity contribution < 1.29 is 4.79 Å². The summed E-state index contributed by atoms with van der Waals surface area (Å²) in [7, 11) is 0. The standard InChI is InChI=1S/C18H26N2O/c21-18(16-9-11-19-12-10-16)15-5-7-17(8-6-15)20-13-3-1-2-4-14-20/h5-8,16,19H,1-4,9-14H2. The summed E-state index contributed by atoms with van der Waals surface area (Å²) >= 11 is 0. The van der Waals surface area contributed by atoms with Crippen LogP contribution in [0.2, 0.25) is 0 Å². The Morgan fingerprint density at radius 3 is 2.19 bits per heavy atom. The minimum absolute atomic E-state index is 0.218. The SMILES string of the molecule is O=C(c1ccc(N2CCCCCC2)cc1)C1CCNCC1. The van der Waals surface area contributed by atoms with Gasteiger partial charge in [-0.25, -0.2) is 0 Å². The molecule has 114 valence electrons. The van der Waals surface area contributed by atoms with Crippen LogP contribution >= 0.6 is 0 Å². The van der Waals surface area contributed by atoms with E-state index in [-0.39, 0.29) is 5.92 Å². The zero-order chi connectivity index (χ0) is 14.5. The Labute approximate surface area is 127 Å². The van der Waals surface area contributed by atoms with Crippen molar-refractivity contribution in [2.45, 2.75) is 38.5 Å². The quantitative estimate of drug-likeness (QED) is 0.866. The van der Waals surface area contributed by atoms with Gasteiger partial charge in [0, 0.05) is 30.3 Å². The van der Waals surface area contributed by atoms with Gasteiger partial charge in [-0.2, -0.15) is 0 Å². The second-order valence-electron chi connectivity index (χ2n) is 6.34. The van der Waals surface area contributed by atoms with Crippen molar-refractivity contribution in [3.8, 4) is 0 Å². The minimum Gasteiger partial charge on any atom is -0.372 e. The highest BCUT2D eigenvalue weighted by molar-refractivity contribution is 5.98. The highest BCUT2D eigenvalue weighted by atomic mass is 16.1. The molecule has 1 aromatic rings. The molecule has 0 atom stereocenters. The van der Waals surface area contributed by atoms with Gasteiger partial charge in [0.05, 0.1) is 0 Å². The number of hydrogen-bond acceptors (Lipinski definition) is 3. The Kier molecular flexibility index (Phi) is 4.91. The maximum absolute atomic E-state index is 12.5. The van der Waals surface area contributed by atoms with Crippen molar-refractivity contribution in [1.82, 2.24) is 5.32 Å². The predicted molar refractivity (Wildman–Crippen MR) is 87.0 cm³/mol. The first-order valence-corrected chi connectivity index (χ1v) is 8.44. The highest BCUT2D eigenvalue weighted by Crippen LogP contribution is 2.23. The first-order chi connectivity index (χ1) is 10.3. The van der Waals surface area contributed by atoms with Crippen LogP contribution in [0.4, 0.5) is 5.69 Å². The van der Waals surface area contributed by atoms with E-state index < -0.39 is 0 Å². The molecule has 0 unspecified atom stereocenters. The second kappa shape index (κ2) is 7.08. The normalized spacial score (nSPS) is 21.0. The van der Waals surface area contributed by atoms with Gasteiger partial charge in [-0.05, 0) is 63.0 Å². The number of carbonyl (C=O) groups excluding carboxylic acids is 1. The molecule has 0 radical (unpaired) electrons. The van der Waals surface area contributed by atoms with Crippen molar-refractivity contribution >= 4 is 11.5 Å². The van der Waals surface area contributed by atoms with Gasteiger partial charge in [-0.3, -0.25) is 4.79 Å². The smallest absolute Gasteiger partial charge is 0.166 e. The van der Waals surface area contributed by atoms with Gasteiger partial charge in [-0.1, -0.05) is 12.8 Å². The third-order valence-corrected chi connectivity index (χ3v) is 4.83. The van der Waals surface area contributed by atoms with Crippen LogP contribution in [0.3, 0.4) is 0 Å². The van der Waals surface area contributed by atoms with E-state index in [1.165, 1.54) is 31.4 Å². The number of nitrogens with one attached hydrogen (secondary N) is 1. The molecular weight excluding hydrogens is 260 g/mol. The summed E-state index contributed by atoms with van der Waals surface area (Å²) in [5.41, 5.74) is 2.17. The average Bonchev–Trinajstić information content (AvgIpc) is 2.84. The van der Waals surface area contributed by atoms with E-state index in [4.69, 9.17) is 0 Å². The Hall–Kier alpha value is -1.35. The van der Waals surface area contributed by atoms with E-state index >= 15 is 0 Å². The van der Waals surface area contributed by atoms with Crippen LogP contribution in [-0.2, 0) is 0 Å². The van der Waals surface area contributed by atoms with Crippen molar-refractivity contribution in [2.75, 3.05) is 31.1 Å². The molecule has 2 heterocycles. The maximum Gasteiger partial charge on any atom is 0.166 e. The Morgan fingerprint density at radius 1 is 0.952 bits per heavy atom. The summed E-state index contributed by atoms with van der Waals surface area (Å²) in [6.45, 7) is 4.26. The number of rotatable bonds is 3. The molecule has 0 aromatic heterocycles. The molecule has 2 aliphatic rings. The van der Waals surface area contributed by atoms with Gasteiger partial charge in [-0.15, -0.1) is 0 Å². The number of benzene rings is 1. The number of ketones is 1. The summed E-state index contributed by atoms with van der Waals surface area (Å²) in [5.74, 6) is 0.550. The molecular formula is C18H26N2O. The second-order valence-corrected chi connectivity index (χ2v) is 6.34. The van der Waals surface area contributed by atoms with Crippen molar-refractivity contribution in [1.29, 1.82) is 0 Å². The van der Waals surface area contributed by atoms with Gasteiger partial charge in [0.15, 0.2) is 5.78 Å². The molecule has 0 spiro atoms. The molecule has 2 saturated heterocycles. The molecule has 2 aliphatic heterocycles. The average molecular weight is 286 g/mol. The van der Waals surface area contributed by atoms with Crippen molar-refractivity contribution in [2.24, 2.45) is 5.92 Å². The van der Waals surface area contributed by atoms with Crippen molar-refractivity contribution in [3.05, 3.63) is 29.8 Å². The van der Waals surface area contributed by atoms with Gasteiger partial charge in [0.2, 0.25) is 0 Å². The number of carbonyl (C=O) groups is 1. The lowest BCUT2D eigenvalue weighted by atomic mass is 9.89. The van der Waals surface area contributed by atoms with E-state index in [0.717, 1.165) is 44.6 Å². The van der Waals surface area contributed by atoms with E-state index in [2.05, 4.69) is 22.3 Å². The van der Waals surface area contributed by atoms with Crippen LogP contribution in [-0.4, -0.2) is 32.0 Å². The Balaban J connectivity index is 1.66. The van der Waals surface area contributed by atoms with E-state index in [1.54, 1.807) is 0 Å². The topological polar surface area (TPSA) is 32.3 Å². The zero-order valence-corrected chi connectivity index (χ0v) is 12.8. The molecule has 2 fully saturated rings. The zero-order valence-electron chi connectivity index (χ0n) is 12.8. The van der Waals surface area contributed by atoms with Crippen molar-refractivity contribution in [3.63, 3.8) is 0 Å². The number of nitrogens with zero attached hydrogens (tertiary/aromatic N) is 1. The first kappa shape index (κ1) is 14.6. The van der Waals surface area contributed by atoms with Gasteiger partial charge < -0.3 is 10.2 Å². The van der Waals surface area contributed by atoms with Crippen LogP contribution in [0, 0.1) is 5.92 Å². The van der Waals surface area contributed by atoms with Gasteiger partial charge in [0.25, 0.3) is 0 Å². The van der Waals surface area contributed by atoms with Gasteiger partial charge in [0.1, 0.15) is 0 Å². The molecule has 0 amide bonds. The number of hydrogen-bond donors (Lipinski definition) is 1. The lowest BCUT2D eigenvalue weighted by molar-refractivity contribution is 0.0895. The molecule has 1 N–H and O–H groups in total. The van der Waals surface area contributed by atoms with Crippen LogP contribution in [0.1, 0.15) is 48.9 Å². The fraction of sp³-hybridized carbons (Fsp3) is 0.611. The van der Waals surface area contributed by atoms with E-state index in [9.17, 15) is 4.79 Å². The lowest BCUT2D eigenvalue weighted by Crippen LogP contribution is -2.31. The summed E-state index contributed by atoms with van der Waals surface area (Å²) in [5, 5.41) is 3.32. The molecule has 3 heteroatoms. The number of anilines is 1. The van der Waals surface area contributed by atoms with Crippen LogP contribution in [0.15, 0.2) is 24.3 Å². The third kappa shape index (κ3) is 3.65. The Morgan fingerprint density at radius 2 is 1.57 bits per heavy atom. The maximum atomic E-state index is 12.5. The van der Waals surface area contributed by atoms with E-state index in [1.807, 2.05) is 12.1 Å². The Bertz CT molecular complexity index is 455. The summed E-state index contributed by atoms with van der Waals surface area (Å²) < 4.78 is 0. The molecule has 3 nitrogen and oxygen atoms in total. The number of Topliss-reactive ketones (excluding diaryl/α,β-unsaturated/α-hetero) is 1. The molecule has 0 aliphatic carbocycles. The monoisotopic (exact) mass is 286 g/mol. The summed E-state index contributed by atoms with van der Waals surface area (Å²) in [4.78, 5) is 15.0. The summed E-state index contributed by atoms with van der Waals surface area (Å²) in [6.07, 6.45) is 7.23. The van der Waals surface area contributed by atoms with E-state index in [0.29, 0.717) is 5.78 Å². The predicted octanol–water partition coefficient (Wildman–Crippen LogP) is 3.25. The fourth-order valence-electron chi connectivity index (χ4n) is 3.49. The molecule has 1 aromatic carbocycles. The summed E-state index contributed by atoms with van der Waals surface area (Å²) in [6, 6.07) is 8.34. The number of piperidine rings is 1. The van der Waals surface area contributed by atoms with Crippen LogP contribution in [0.5, 0.6) is 0 Å². The minimum atomic E-state index is 0.218. The molecule has 0 saturated carbocycles. The van der Waals surface area contributed by atoms with Crippen LogP contribution < -0.4 is 10.2 Å². The molecule has 21 heavy (non-hydrogen) atoms. The van der Waals surface area contributed by atoms with Crippen LogP contribution in [0.25, 0.3) is 0 Å². The lowest BCUT2D eigenvalue weighted by Gasteiger charge is -2.24. The molecule has 0 bridgehead atoms. The first-order valence-electron chi connectivity index (χ1n) is 8.44. The third-order valence-electron chi connectivity index (χ3n) is 4.83. The molecule has 3 rings (SSSR count). The fourth-order valence-corrected chi connectivity index (χ4v) is 3.49. The largest absolute Gasteiger partial charge is 0.372 e.